The van der Waals surface area contributed by atoms with Gasteiger partial charge in [0.05, 0.1) is 17.7 Å². The Morgan fingerprint density at radius 3 is 2.48 bits per heavy atom. The maximum Gasteiger partial charge on any atom is 0.271 e. The van der Waals surface area contributed by atoms with Crippen molar-refractivity contribution in [3.63, 3.8) is 0 Å². The lowest BCUT2D eigenvalue weighted by molar-refractivity contribution is -0.384. The fourth-order valence-corrected chi connectivity index (χ4v) is 2.86. The summed E-state index contributed by atoms with van der Waals surface area (Å²) in [6.45, 7) is 1.95. The molecule has 1 aromatic heterocycles. The van der Waals surface area contributed by atoms with Gasteiger partial charge in [0.15, 0.2) is 5.69 Å². The van der Waals surface area contributed by atoms with Gasteiger partial charge in [-0.3, -0.25) is 14.9 Å². The zero-order valence-corrected chi connectivity index (χ0v) is 16.2. The third-order valence-electron chi connectivity index (χ3n) is 4.55. The number of hydrogen-bond acceptors (Lipinski definition) is 5. The fraction of sp³-hybridized carbons (Fsp3) is 0.238. The predicted molar refractivity (Wildman–Crippen MR) is 108 cm³/mol. The van der Waals surface area contributed by atoms with Gasteiger partial charge in [0.25, 0.3) is 11.6 Å². The van der Waals surface area contributed by atoms with Crippen molar-refractivity contribution in [3.8, 4) is 11.4 Å². The number of non-ortho nitro benzene ring substituents is 1. The monoisotopic (exact) mass is 394 g/mol. The number of methoxy groups -OCH3 is 1. The second-order valence-corrected chi connectivity index (χ2v) is 6.68. The summed E-state index contributed by atoms with van der Waals surface area (Å²) < 4.78 is 6.67. The summed E-state index contributed by atoms with van der Waals surface area (Å²) in [6.07, 6.45) is 3.28. The lowest BCUT2D eigenvalue weighted by atomic mass is 10.1. The van der Waals surface area contributed by atoms with Gasteiger partial charge in [-0.05, 0) is 55.7 Å². The number of carbonyl (C=O) groups is 1. The van der Waals surface area contributed by atoms with Crippen LogP contribution in [0.2, 0.25) is 0 Å². The van der Waals surface area contributed by atoms with Gasteiger partial charge in [0.2, 0.25) is 0 Å². The number of nitro benzene ring substituents is 1. The van der Waals surface area contributed by atoms with Gasteiger partial charge < -0.3 is 10.1 Å². The number of benzene rings is 2. The van der Waals surface area contributed by atoms with Gasteiger partial charge in [0, 0.05) is 24.4 Å². The number of aromatic nitrogens is 2. The van der Waals surface area contributed by atoms with Crippen LogP contribution in [0.25, 0.3) is 5.69 Å². The van der Waals surface area contributed by atoms with Crippen LogP contribution in [0.4, 0.5) is 5.69 Å². The number of ether oxygens (including phenoxy) is 1. The molecule has 3 aromatic rings. The molecule has 29 heavy (non-hydrogen) atoms. The summed E-state index contributed by atoms with van der Waals surface area (Å²) in [5.74, 6) is 0.562. The highest BCUT2D eigenvalue weighted by Crippen LogP contribution is 2.15. The lowest BCUT2D eigenvalue weighted by Crippen LogP contribution is -2.33. The van der Waals surface area contributed by atoms with Gasteiger partial charge in [-0.15, -0.1) is 0 Å². The van der Waals surface area contributed by atoms with Crippen LogP contribution in [0.5, 0.6) is 5.75 Å². The molecule has 8 heteroatoms. The van der Waals surface area contributed by atoms with Crippen LogP contribution in [-0.4, -0.2) is 33.8 Å². The van der Waals surface area contributed by atoms with E-state index in [0.717, 1.165) is 18.6 Å². The molecule has 2 aromatic carbocycles. The van der Waals surface area contributed by atoms with Gasteiger partial charge in [-0.1, -0.05) is 12.1 Å². The van der Waals surface area contributed by atoms with E-state index in [1.807, 2.05) is 31.2 Å². The molecule has 0 saturated carbocycles. The predicted octanol–water partition coefficient (Wildman–Crippen LogP) is 3.54. The quantitative estimate of drug-likeness (QED) is 0.465. The Morgan fingerprint density at radius 1 is 1.17 bits per heavy atom. The number of aryl methyl sites for hydroxylation is 1. The topological polar surface area (TPSA) is 99.3 Å². The second-order valence-electron chi connectivity index (χ2n) is 6.68. The molecule has 1 heterocycles. The lowest BCUT2D eigenvalue weighted by Gasteiger charge is -2.13. The molecule has 0 bridgehead atoms. The number of nitro groups is 1. The first-order chi connectivity index (χ1) is 14.0. The zero-order chi connectivity index (χ0) is 20.8. The molecular formula is C21H22N4O4. The molecule has 0 aliphatic rings. The van der Waals surface area contributed by atoms with Crippen molar-refractivity contribution in [2.24, 2.45) is 0 Å². The van der Waals surface area contributed by atoms with Gasteiger partial charge >= 0.3 is 0 Å². The molecule has 1 atom stereocenters. The molecule has 150 valence electrons. The molecule has 1 amide bonds. The molecular weight excluding hydrogens is 372 g/mol. The number of rotatable bonds is 8. The molecule has 3 rings (SSSR count). The zero-order valence-electron chi connectivity index (χ0n) is 16.2. The van der Waals surface area contributed by atoms with E-state index in [1.54, 1.807) is 31.5 Å². The average molecular weight is 394 g/mol. The van der Waals surface area contributed by atoms with Gasteiger partial charge in [0.1, 0.15) is 5.75 Å². The van der Waals surface area contributed by atoms with Crippen molar-refractivity contribution in [1.29, 1.82) is 0 Å². The van der Waals surface area contributed by atoms with Crippen LogP contribution >= 0.6 is 0 Å². The normalized spacial score (nSPS) is 11.7. The molecule has 0 aliphatic carbocycles. The van der Waals surface area contributed by atoms with Crippen LogP contribution < -0.4 is 10.1 Å². The fourth-order valence-electron chi connectivity index (χ4n) is 2.86. The van der Waals surface area contributed by atoms with Crippen LogP contribution in [0, 0.1) is 10.1 Å². The molecule has 0 fully saturated rings. The van der Waals surface area contributed by atoms with E-state index in [1.165, 1.54) is 22.4 Å². The third kappa shape index (κ3) is 5.19. The van der Waals surface area contributed by atoms with Gasteiger partial charge in [-0.25, -0.2) is 4.68 Å². The number of carbonyl (C=O) groups excluding carboxylic acids is 1. The summed E-state index contributed by atoms with van der Waals surface area (Å²) in [6, 6.07) is 15.4. The maximum atomic E-state index is 12.4. The van der Waals surface area contributed by atoms with E-state index in [4.69, 9.17) is 4.74 Å². The van der Waals surface area contributed by atoms with Crippen molar-refractivity contribution in [2.75, 3.05) is 7.11 Å². The first-order valence-corrected chi connectivity index (χ1v) is 9.20. The van der Waals surface area contributed by atoms with Crippen molar-refractivity contribution in [3.05, 3.63) is 82.2 Å². The average Bonchev–Trinajstić information content (AvgIpc) is 3.23. The minimum absolute atomic E-state index is 0.00422. The van der Waals surface area contributed by atoms with E-state index in [0.29, 0.717) is 11.4 Å². The maximum absolute atomic E-state index is 12.4. The number of nitrogens with one attached hydrogen (secondary N) is 1. The number of hydrogen-bond donors (Lipinski definition) is 1. The Hall–Kier alpha value is -3.68. The van der Waals surface area contributed by atoms with Crippen LogP contribution in [0.1, 0.15) is 29.4 Å². The minimum atomic E-state index is -0.459. The Bertz CT molecular complexity index is 981. The first-order valence-electron chi connectivity index (χ1n) is 9.20. The standard InChI is InChI=1S/C21H22N4O4/c1-15(3-4-16-5-11-19(29-2)12-6-16)22-21(26)20-13-14-24(23-20)17-7-9-18(10-8-17)25(27)28/h5-15H,3-4H2,1-2H3,(H,22,26). The molecule has 0 radical (unpaired) electrons. The first kappa shape index (κ1) is 20.1. The van der Waals surface area contributed by atoms with E-state index in [-0.39, 0.29) is 17.6 Å². The minimum Gasteiger partial charge on any atom is -0.497 e. The van der Waals surface area contributed by atoms with Crippen molar-refractivity contribution >= 4 is 11.6 Å². The Balaban J connectivity index is 1.55. The van der Waals surface area contributed by atoms with E-state index >= 15 is 0 Å². The molecule has 0 spiro atoms. The second kappa shape index (κ2) is 9.01. The SMILES string of the molecule is COc1ccc(CCC(C)NC(=O)c2ccn(-c3ccc([N+](=O)[O-])cc3)n2)cc1. The highest BCUT2D eigenvalue weighted by Gasteiger charge is 2.14. The molecule has 0 aliphatic heterocycles. The summed E-state index contributed by atoms with van der Waals surface area (Å²) >= 11 is 0. The largest absolute Gasteiger partial charge is 0.497 e. The summed E-state index contributed by atoms with van der Waals surface area (Å²) in [7, 11) is 1.63. The van der Waals surface area contributed by atoms with Crippen LogP contribution in [0.3, 0.4) is 0 Å². The Labute approximate surface area is 168 Å². The smallest absolute Gasteiger partial charge is 0.271 e. The van der Waals surface area contributed by atoms with Crippen molar-refractivity contribution < 1.29 is 14.5 Å². The van der Waals surface area contributed by atoms with E-state index < -0.39 is 4.92 Å². The summed E-state index contributed by atoms with van der Waals surface area (Å²) in [5, 5.41) is 18.0. The molecule has 1 unspecified atom stereocenters. The van der Waals surface area contributed by atoms with Crippen molar-refractivity contribution in [1.82, 2.24) is 15.1 Å². The molecule has 1 N–H and O–H groups in total. The Morgan fingerprint density at radius 2 is 1.86 bits per heavy atom. The van der Waals surface area contributed by atoms with Crippen LogP contribution in [-0.2, 0) is 6.42 Å². The van der Waals surface area contributed by atoms with E-state index in [9.17, 15) is 14.9 Å². The highest BCUT2D eigenvalue weighted by atomic mass is 16.6. The number of nitrogens with zero attached hydrogens (tertiary/aromatic N) is 3. The molecule has 0 saturated heterocycles. The highest BCUT2D eigenvalue weighted by molar-refractivity contribution is 5.92. The van der Waals surface area contributed by atoms with E-state index in [2.05, 4.69) is 10.4 Å². The summed E-state index contributed by atoms with van der Waals surface area (Å²) in [4.78, 5) is 22.7. The third-order valence-corrected chi connectivity index (χ3v) is 4.55. The van der Waals surface area contributed by atoms with Crippen molar-refractivity contribution in [2.45, 2.75) is 25.8 Å². The Kier molecular flexibility index (Phi) is 6.23. The number of amides is 1. The summed E-state index contributed by atoms with van der Waals surface area (Å²) in [5.41, 5.74) is 2.11. The van der Waals surface area contributed by atoms with Crippen LogP contribution in [0.15, 0.2) is 60.8 Å². The molecule has 8 nitrogen and oxygen atoms in total. The van der Waals surface area contributed by atoms with Gasteiger partial charge in [-0.2, -0.15) is 5.10 Å².